The van der Waals surface area contributed by atoms with E-state index in [1.807, 2.05) is 0 Å². The van der Waals surface area contributed by atoms with Gasteiger partial charge < -0.3 is 15.8 Å². The van der Waals surface area contributed by atoms with Crippen molar-refractivity contribution in [1.82, 2.24) is 0 Å². The van der Waals surface area contributed by atoms with Gasteiger partial charge in [-0.05, 0) is 35.0 Å². The first-order chi connectivity index (χ1) is 7.04. The lowest BCUT2D eigenvalue weighted by Crippen LogP contribution is -2.32. The maximum Gasteiger partial charge on any atom is 0.241 e. The Kier molecular flexibility index (Phi) is 4.11. The Morgan fingerprint density at radius 1 is 1.60 bits per heavy atom. The van der Waals surface area contributed by atoms with Crippen LogP contribution in [0.1, 0.15) is 6.92 Å². The molecule has 0 aliphatic carbocycles. The largest absolute Gasteiger partial charge is 0.497 e. The van der Waals surface area contributed by atoms with Crippen LogP contribution in [0.4, 0.5) is 5.69 Å². The zero-order valence-electron chi connectivity index (χ0n) is 8.58. The molecule has 4 nitrogen and oxygen atoms in total. The van der Waals surface area contributed by atoms with Gasteiger partial charge in [0.2, 0.25) is 5.91 Å². The summed E-state index contributed by atoms with van der Waals surface area (Å²) in [6.45, 7) is 1.63. The summed E-state index contributed by atoms with van der Waals surface area (Å²) in [6.07, 6.45) is 0. The Balaban J connectivity index is 2.88. The van der Waals surface area contributed by atoms with Crippen molar-refractivity contribution in [3.8, 4) is 5.75 Å². The molecule has 0 spiro atoms. The molecular weight excluding hydrogens is 260 g/mol. The van der Waals surface area contributed by atoms with Crippen molar-refractivity contribution in [2.75, 3.05) is 12.4 Å². The van der Waals surface area contributed by atoms with Crippen LogP contribution in [0.5, 0.6) is 5.75 Å². The third-order valence-electron chi connectivity index (χ3n) is 1.84. The van der Waals surface area contributed by atoms with Crippen molar-refractivity contribution in [2.45, 2.75) is 13.0 Å². The second-order valence-electron chi connectivity index (χ2n) is 3.12. The molecule has 3 N–H and O–H groups in total. The van der Waals surface area contributed by atoms with Crippen LogP contribution in [0.25, 0.3) is 0 Å². The maximum atomic E-state index is 11.4. The molecule has 0 aliphatic rings. The molecule has 5 heteroatoms. The minimum absolute atomic E-state index is 0.232. The van der Waals surface area contributed by atoms with Gasteiger partial charge in [-0.25, -0.2) is 0 Å². The van der Waals surface area contributed by atoms with Gasteiger partial charge in [0.25, 0.3) is 0 Å². The average Bonchev–Trinajstić information content (AvgIpc) is 2.21. The second kappa shape index (κ2) is 5.14. The van der Waals surface area contributed by atoms with E-state index in [9.17, 15) is 4.79 Å². The molecule has 1 aromatic carbocycles. The van der Waals surface area contributed by atoms with Gasteiger partial charge in [0.15, 0.2) is 0 Å². The Labute approximate surface area is 96.9 Å². The third kappa shape index (κ3) is 3.21. The van der Waals surface area contributed by atoms with Crippen LogP contribution in [0, 0.1) is 0 Å². The van der Waals surface area contributed by atoms with Gasteiger partial charge in [0, 0.05) is 10.5 Å². The van der Waals surface area contributed by atoms with Crippen molar-refractivity contribution >= 4 is 27.5 Å². The number of methoxy groups -OCH3 is 1. The Morgan fingerprint density at radius 2 is 2.27 bits per heavy atom. The third-order valence-corrected chi connectivity index (χ3v) is 2.54. The second-order valence-corrected chi connectivity index (χ2v) is 3.98. The van der Waals surface area contributed by atoms with Crippen molar-refractivity contribution < 1.29 is 9.53 Å². The van der Waals surface area contributed by atoms with E-state index >= 15 is 0 Å². The smallest absolute Gasteiger partial charge is 0.241 e. The summed E-state index contributed by atoms with van der Waals surface area (Å²) in [6, 6.07) is 4.79. The number of carbonyl (C=O) groups excluding carboxylic acids is 1. The predicted molar refractivity (Wildman–Crippen MR) is 63.0 cm³/mol. The molecule has 0 fully saturated rings. The lowest BCUT2D eigenvalue weighted by Gasteiger charge is -2.10. The summed E-state index contributed by atoms with van der Waals surface area (Å²) in [5.74, 6) is 0.446. The Morgan fingerprint density at radius 3 is 2.80 bits per heavy atom. The zero-order valence-corrected chi connectivity index (χ0v) is 10.2. The highest BCUT2D eigenvalue weighted by Gasteiger charge is 2.10. The van der Waals surface area contributed by atoms with Gasteiger partial charge in [0.1, 0.15) is 5.75 Å². The topological polar surface area (TPSA) is 64.3 Å². The first-order valence-corrected chi connectivity index (χ1v) is 5.24. The van der Waals surface area contributed by atoms with Crippen LogP contribution in [0.3, 0.4) is 0 Å². The van der Waals surface area contributed by atoms with E-state index in [4.69, 9.17) is 10.5 Å². The molecule has 0 aromatic heterocycles. The number of hydrogen-bond acceptors (Lipinski definition) is 3. The number of amides is 1. The lowest BCUT2D eigenvalue weighted by molar-refractivity contribution is -0.117. The van der Waals surface area contributed by atoms with E-state index in [2.05, 4.69) is 21.2 Å². The molecule has 1 atom stereocenters. The zero-order chi connectivity index (χ0) is 11.4. The minimum atomic E-state index is -0.539. The molecule has 15 heavy (non-hydrogen) atoms. The summed E-state index contributed by atoms with van der Waals surface area (Å²) in [4.78, 5) is 11.4. The summed E-state index contributed by atoms with van der Waals surface area (Å²) in [5, 5.41) is 2.69. The van der Waals surface area contributed by atoms with Gasteiger partial charge >= 0.3 is 0 Å². The highest BCUT2D eigenvalue weighted by Crippen LogP contribution is 2.27. The van der Waals surface area contributed by atoms with Crippen LogP contribution < -0.4 is 15.8 Å². The first-order valence-electron chi connectivity index (χ1n) is 4.44. The van der Waals surface area contributed by atoms with E-state index < -0.39 is 6.04 Å². The number of rotatable bonds is 3. The van der Waals surface area contributed by atoms with Gasteiger partial charge in [0.05, 0.1) is 18.8 Å². The highest BCUT2D eigenvalue weighted by molar-refractivity contribution is 9.10. The van der Waals surface area contributed by atoms with Crippen molar-refractivity contribution in [1.29, 1.82) is 0 Å². The van der Waals surface area contributed by atoms with Gasteiger partial charge in [-0.15, -0.1) is 0 Å². The van der Waals surface area contributed by atoms with Crippen LogP contribution >= 0.6 is 15.9 Å². The molecule has 1 rings (SSSR count). The molecule has 0 aliphatic heterocycles. The average molecular weight is 273 g/mol. The lowest BCUT2D eigenvalue weighted by atomic mass is 10.2. The summed E-state index contributed by atoms with van der Waals surface area (Å²) in [7, 11) is 1.57. The number of nitrogens with one attached hydrogen (secondary N) is 1. The highest BCUT2D eigenvalue weighted by atomic mass is 79.9. The fourth-order valence-corrected chi connectivity index (χ4v) is 1.32. The number of benzene rings is 1. The van der Waals surface area contributed by atoms with E-state index in [1.54, 1.807) is 32.2 Å². The van der Waals surface area contributed by atoms with Gasteiger partial charge in [-0.1, -0.05) is 0 Å². The molecule has 1 aromatic rings. The summed E-state index contributed by atoms with van der Waals surface area (Å²) in [5.41, 5.74) is 6.10. The van der Waals surface area contributed by atoms with Crippen molar-refractivity contribution in [3.05, 3.63) is 22.7 Å². The van der Waals surface area contributed by atoms with E-state index in [0.717, 1.165) is 4.47 Å². The van der Waals surface area contributed by atoms with Crippen molar-refractivity contribution in [2.24, 2.45) is 5.73 Å². The SMILES string of the molecule is COc1ccc(Br)c(NC(=O)[C@@H](C)N)c1. The fraction of sp³-hybridized carbons (Fsp3) is 0.300. The Bertz CT molecular complexity index is 366. The molecule has 0 heterocycles. The molecule has 82 valence electrons. The molecule has 0 radical (unpaired) electrons. The molecule has 0 bridgehead atoms. The minimum Gasteiger partial charge on any atom is -0.497 e. The van der Waals surface area contributed by atoms with Crippen LogP contribution in [-0.2, 0) is 4.79 Å². The molecule has 1 amide bonds. The summed E-state index contributed by atoms with van der Waals surface area (Å²) >= 11 is 3.33. The maximum absolute atomic E-state index is 11.4. The number of nitrogens with two attached hydrogens (primary N) is 1. The fourth-order valence-electron chi connectivity index (χ4n) is 0.974. The van der Waals surface area contributed by atoms with Crippen molar-refractivity contribution in [3.63, 3.8) is 0 Å². The quantitative estimate of drug-likeness (QED) is 0.881. The van der Waals surface area contributed by atoms with Gasteiger partial charge in [-0.3, -0.25) is 4.79 Å². The van der Waals surface area contributed by atoms with E-state index in [-0.39, 0.29) is 5.91 Å². The van der Waals surface area contributed by atoms with Crippen LogP contribution in [0.2, 0.25) is 0 Å². The van der Waals surface area contributed by atoms with Gasteiger partial charge in [-0.2, -0.15) is 0 Å². The summed E-state index contributed by atoms with van der Waals surface area (Å²) < 4.78 is 5.84. The predicted octanol–water partition coefficient (Wildman–Crippen LogP) is 1.74. The number of hydrogen-bond donors (Lipinski definition) is 2. The van der Waals surface area contributed by atoms with Crippen LogP contribution in [-0.4, -0.2) is 19.1 Å². The normalized spacial score (nSPS) is 12.0. The number of ether oxygens (including phenoxy) is 1. The number of carbonyl (C=O) groups is 1. The number of halogens is 1. The molecule has 0 saturated carbocycles. The molecule has 0 saturated heterocycles. The monoisotopic (exact) mass is 272 g/mol. The number of anilines is 1. The van der Waals surface area contributed by atoms with E-state index in [0.29, 0.717) is 11.4 Å². The molecular formula is C10H13BrN2O2. The first kappa shape index (κ1) is 12.0. The molecule has 0 unspecified atom stereocenters. The standard InChI is InChI=1S/C10H13BrN2O2/c1-6(12)10(14)13-9-5-7(15-2)3-4-8(9)11/h3-6H,12H2,1-2H3,(H,13,14)/t6-/m1/s1. The Hall–Kier alpha value is -1.07. The van der Waals surface area contributed by atoms with E-state index in [1.165, 1.54) is 0 Å². The van der Waals surface area contributed by atoms with Crippen LogP contribution in [0.15, 0.2) is 22.7 Å².